The lowest BCUT2D eigenvalue weighted by Gasteiger charge is -2.09. The van der Waals surface area contributed by atoms with E-state index in [1.807, 2.05) is 30.5 Å². The summed E-state index contributed by atoms with van der Waals surface area (Å²) in [5, 5.41) is 7.59. The number of anilines is 1. The molecule has 7 heteroatoms. The molecule has 2 aromatic heterocycles. The van der Waals surface area contributed by atoms with Gasteiger partial charge in [0, 0.05) is 3.57 Å². The number of aromatic nitrogens is 1. The van der Waals surface area contributed by atoms with Gasteiger partial charge in [-0.1, -0.05) is 6.07 Å². The molecule has 0 saturated heterocycles. The molecule has 0 radical (unpaired) electrons. The molecular formula is C12H10IN3OS2. The molecular weight excluding hydrogens is 393 g/mol. The molecule has 2 rings (SSSR count). The average Bonchev–Trinajstić information content (AvgIpc) is 2.87. The monoisotopic (exact) mass is 403 g/mol. The Bertz CT molecular complexity index is 613. The molecule has 2 heterocycles. The molecule has 0 aromatic carbocycles. The molecule has 0 fully saturated rings. The number of rotatable bonds is 2. The molecule has 0 spiro atoms. The van der Waals surface area contributed by atoms with Crippen LogP contribution in [0.25, 0.3) is 0 Å². The number of nitrogens with zero attached hydrogens (tertiary/aromatic N) is 1. The number of aryl methyl sites for hydroxylation is 1. The van der Waals surface area contributed by atoms with Crippen LogP contribution in [0.5, 0.6) is 0 Å². The van der Waals surface area contributed by atoms with Crippen LogP contribution < -0.4 is 10.6 Å². The lowest BCUT2D eigenvalue weighted by Crippen LogP contribution is -2.33. The van der Waals surface area contributed by atoms with Crippen LogP contribution in [0.2, 0.25) is 0 Å². The average molecular weight is 403 g/mol. The highest BCUT2D eigenvalue weighted by Gasteiger charge is 2.09. The van der Waals surface area contributed by atoms with Gasteiger partial charge in [0.25, 0.3) is 5.91 Å². The first-order chi connectivity index (χ1) is 9.06. The summed E-state index contributed by atoms with van der Waals surface area (Å²) in [6, 6.07) is 7.32. The lowest BCUT2D eigenvalue weighted by atomic mass is 10.4. The lowest BCUT2D eigenvalue weighted by molar-refractivity contribution is 0.0981. The minimum Gasteiger partial charge on any atom is -0.317 e. The molecule has 0 aliphatic heterocycles. The van der Waals surface area contributed by atoms with Gasteiger partial charge in [-0.15, -0.1) is 11.3 Å². The highest BCUT2D eigenvalue weighted by molar-refractivity contribution is 14.1. The molecule has 0 unspecified atom stereocenters. The number of pyridine rings is 1. The summed E-state index contributed by atoms with van der Waals surface area (Å²) in [4.78, 5) is 16.7. The molecule has 0 aliphatic carbocycles. The molecule has 0 saturated carbocycles. The SMILES string of the molecule is Cc1nc(NC(=S)NC(=O)c2cccs2)ccc1I. The highest BCUT2D eigenvalue weighted by Crippen LogP contribution is 2.12. The third-order valence-corrected chi connectivity index (χ3v) is 4.45. The number of halogens is 1. The Balaban J connectivity index is 1.98. The maximum atomic E-state index is 11.8. The molecule has 0 atom stereocenters. The summed E-state index contributed by atoms with van der Waals surface area (Å²) in [6.45, 7) is 1.92. The van der Waals surface area contributed by atoms with E-state index in [1.165, 1.54) is 11.3 Å². The van der Waals surface area contributed by atoms with E-state index in [0.717, 1.165) is 9.26 Å². The Morgan fingerprint density at radius 3 is 2.84 bits per heavy atom. The van der Waals surface area contributed by atoms with Gasteiger partial charge in [-0.3, -0.25) is 10.1 Å². The van der Waals surface area contributed by atoms with Crippen molar-refractivity contribution in [1.82, 2.24) is 10.3 Å². The van der Waals surface area contributed by atoms with Gasteiger partial charge in [0.1, 0.15) is 5.82 Å². The number of hydrogen-bond acceptors (Lipinski definition) is 4. The van der Waals surface area contributed by atoms with E-state index in [4.69, 9.17) is 12.2 Å². The van der Waals surface area contributed by atoms with Gasteiger partial charge < -0.3 is 5.32 Å². The Labute approximate surface area is 133 Å². The van der Waals surface area contributed by atoms with E-state index in [1.54, 1.807) is 6.07 Å². The zero-order valence-electron chi connectivity index (χ0n) is 9.94. The van der Waals surface area contributed by atoms with E-state index >= 15 is 0 Å². The van der Waals surface area contributed by atoms with E-state index in [9.17, 15) is 4.79 Å². The summed E-state index contributed by atoms with van der Waals surface area (Å²) in [5.74, 6) is 0.407. The fourth-order valence-electron chi connectivity index (χ4n) is 1.33. The predicted octanol–water partition coefficient (Wildman–Crippen LogP) is 3.18. The first-order valence-electron chi connectivity index (χ1n) is 5.35. The van der Waals surface area contributed by atoms with Crippen LogP contribution in [0.3, 0.4) is 0 Å². The van der Waals surface area contributed by atoms with Crippen molar-refractivity contribution in [3.8, 4) is 0 Å². The number of carbonyl (C=O) groups is 1. The second kappa shape index (κ2) is 6.40. The topological polar surface area (TPSA) is 54.0 Å². The molecule has 1 amide bonds. The zero-order chi connectivity index (χ0) is 13.8. The second-order valence-electron chi connectivity index (χ2n) is 3.65. The molecule has 4 nitrogen and oxygen atoms in total. The van der Waals surface area contributed by atoms with Gasteiger partial charge in [-0.05, 0) is 65.3 Å². The molecule has 2 N–H and O–H groups in total. The third kappa shape index (κ3) is 3.95. The molecule has 0 bridgehead atoms. The summed E-state index contributed by atoms with van der Waals surface area (Å²) < 4.78 is 1.08. The number of carbonyl (C=O) groups excluding carboxylic acids is 1. The van der Waals surface area contributed by atoms with E-state index < -0.39 is 0 Å². The van der Waals surface area contributed by atoms with Crippen LogP contribution in [-0.4, -0.2) is 16.0 Å². The largest absolute Gasteiger partial charge is 0.317 e. The maximum Gasteiger partial charge on any atom is 0.267 e. The quantitative estimate of drug-likeness (QED) is 0.598. The summed E-state index contributed by atoms with van der Waals surface area (Å²) in [7, 11) is 0. The smallest absolute Gasteiger partial charge is 0.267 e. The minimum absolute atomic E-state index is 0.213. The van der Waals surface area contributed by atoms with Gasteiger partial charge in [0.05, 0.1) is 10.6 Å². The van der Waals surface area contributed by atoms with Crippen molar-refractivity contribution in [2.24, 2.45) is 0 Å². The van der Waals surface area contributed by atoms with Gasteiger partial charge in [-0.25, -0.2) is 4.98 Å². The fraction of sp³-hybridized carbons (Fsp3) is 0.0833. The zero-order valence-corrected chi connectivity index (χ0v) is 13.7. The molecule has 0 aliphatic rings. The second-order valence-corrected chi connectivity index (χ2v) is 6.17. The first-order valence-corrected chi connectivity index (χ1v) is 7.72. The molecule has 2 aromatic rings. The van der Waals surface area contributed by atoms with Crippen molar-refractivity contribution in [1.29, 1.82) is 0 Å². The summed E-state index contributed by atoms with van der Waals surface area (Å²) in [6.07, 6.45) is 0. The number of nitrogens with one attached hydrogen (secondary N) is 2. The number of hydrogen-bond donors (Lipinski definition) is 2. The fourth-order valence-corrected chi connectivity index (χ4v) is 2.45. The predicted molar refractivity (Wildman–Crippen MR) is 89.7 cm³/mol. The van der Waals surface area contributed by atoms with Crippen molar-refractivity contribution in [2.45, 2.75) is 6.92 Å². The van der Waals surface area contributed by atoms with Gasteiger partial charge in [0.15, 0.2) is 5.11 Å². The highest BCUT2D eigenvalue weighted by atomic mass is 127. The van der Waals surface area contributed by atoms with Crippen molar-refractivity contribution < 1.29 is 4.79 Å². The normalized spacial score (nSPS) is 10.0. The minimum atomic E-state index is -0.213. The van der Waals surface area contributed by atoms with E-state index in [0.29, 0.717) is 10.7 Å². The number of thiocarbonyl (C=S) groups is 1. The number of amides is 1. The van der Waals surface area contributed by atoms with Gasteiger partial charge in [-0.2, -0.15) is 0 Å². The number of thiophene rings is 1. The Morgan fingerprint density at radius 1 is 1.42 bits per heavy atom. The Hall–Kier alpha value is -1.06. The van der Waals surface area contributed by atoms with Gasteiger partial charge in [0.2, 0.25) is 0 Å². The van der Waals surface area contributed by atoms with Crippen molar-refractivity contribution in [3.05, 3.63) is 43.8 Å². The van der Waals surface area contributed by atoms with Crippen LogP contribution in [0, 0.1) is 10.5 Å². The van der Waals surface area contributed by atoms with Crippen LogP contribution >= 0.6 is 46.1 Å². The van der Waals surface area contributed by atoms with E-state index in [-0.39, 0.29) is 11.0 Å². The van der Waals surface area contributed by atoms with Crippen LogP contribution in [0.1, 0.15) is 15.4 Å². The van der Waals surface area contributed by atoms with Crippen molar-refractivity contribution in [2.75, 3.05) is 5.32 Å². The van der Waals surface area contributed by atoms with Crippen LogP contribution in [0.15, 0.2) is 29.6 Å². The van der Waals surface area contributed by atoms with E-state index in [2.05, 4.69) is 38.2 Å². The summed E-state index contributed by atoms with van der Waals surface area (Å²) in [5.41, 5.74) is 0.915. The Morgan fingerprint density at radius 2 is 2.21 bits per heavy atom. The first kappa shape index (κ1) is 14.4. The van der Waals surface area contributed by atoms with Crippen molar-refractivity contribution in [3.63, 3.8) is 0 Å². The standard InChI is InChI=1S/C12H10IN3OS2/c1-7-8(13)4-5-10(14-7)15-12(18)16-11(17)9-3-2-6-19-9/h2-6H,1H3,(H2,14,15,16,17,18). The Kier molecular flexibility index (Phi) is 4.83. The maximum absolute atomic E-state index is 11.8. The van der Waals surface area contributed by atoms with Crippen molar-refractivity contribution >= 4 is 63.0 Å². The van der Waals surface area contributed by atoms with Gasteiger partial charge >= 0.3 is 0 Å². The van der Waals surface area contributed by atoms with Crippen LogP contribution in [-0.2, 0) is 0 Å². The molecule has 98 valence electrons. The third-order valence-electron chi connectivity index (χ3n) is 2.23. The molecule has 19 heavy (non-hydrogen) atoms. The summed E-state index contributed by atoms with van der Waals surface area (Å²) >= 11 is 8.66. The van der Waals surface area contributed by atoms with Crippen LogP contribution in [0.4, 0.5) is 5.82 Å².